The summed E-state index contributed by atoms with van der Waals surface area (Å²) in [5, 5.41) is 4.10. The number of nitrogens with one attached hydrogen (secondary N) is 1. The van der Waals surface area contributed by atoms with Gasteiger partial charge in [0.1, 0.15) is 0 Å². The first-order valence-corrected chi connectivity index (χ1v) is 11.1. The number of amides is 1. The van der Waals surface area contributed by atoms with Gasteiger partial charge in [0.15, 0.2) is 11.5 Å². The van der Waals surface area contributed by atoms with Gasteiger partial charge in [-0.2, -0.15) is 0 Å². The molecule has 2 heterocycles. The summed E-state index contributed by atoms with van der Waals surface area (Å²) in [5.74, 6) is 1.63. The van der Waals surface area contributed by atoms with Crippen molar-refractivity contribution in [3.05, 3.63) is 84.1 Å². The maximum atomic E-state index is 12.5. The van der Waals surface area contributed by atoms with Gasteiger partial charge in [0.2, 0.25) is 12.7 Å². The number of carbonyl (C=O) groups is 1. The lowest BCUT2D eigenvalue weighted by Crippen LogP contribution is -2.13. The Labute approximate surface area is 185 Å². The van der Waals surface area contributed by atoms with Crippen LogP contribution in [-0.2, 0) is 11.3 Å². The number of thioether (sulfide) groups is 1. The van der Waals surface area contributed by atoms with Crippen molar-refractivity contribution in [1.29, 1.82) is 0 Å². The molecule has 0 saturated carbocycles. The zero-order valence-corrected chi connectivity index (χ0v) is 17.9. The van der Waals surface area contributed by atoms with Gasteiger partial charge in [0, 0.05) is 40.3 Å². The Hall–Kier alpha value is -3.38. The predicted molar refractivity (Wildman–Crippen MR) is 124 cm³/mol. The molecule has 1 N–H and O–H groups in total. The molecule has 3 aromatic carbocycles. The molecule has 5 rings (SSSR count). The fraction of sp³-hybridized carbons (Fsp3) is 0.160. The van der Waals surface area contributed by atoms with Gasteiger partial charge in [-0.1, -0.05) is 48.0 Å². The third kappa shape index (κ3) is 4.25. The topological polar surface area (TPSA) is 52.5 Å². The summed E-state index contributed by atoms with van der Waals surface area (Å²) in [6.07, 6.45) is 2.14. The summed E-state index contributed by atoms with van der Waals surface area (Å²) in [7, 11) is 0. The largest absolute Gasteiger partial charge is 0.454 e. The molecule has 4 aromatic rings. The second-order valence-corrected chi connectivity index (χ2v) is 8.55. The van der Waals surface area contributed by atoms with E-state index in [4.69, 9.17) is 9.47 Å². The maximum absolute atomic E-state index is 12.5. The van der Waals surface area contributed by atoms with Crippen molar-refractivity contribution in [2.75, 3.05) is 17.9 Å². The Kier molecular flexibility index (Phi) is 5.30. The number of carbonyl (C=O) groups excluding carboxylic acids is 1. The monoisotopic (exact) mass is 430 g/mol. The summed E-state index contributed by atoms with van der Waals surface area (Å²) in [5.41, 5.74) is 4.38. The minimum absolute atomic E-state index is 0.0563. The van der Waals surface area contributed by atoms with Gasteiger partial charge in [0.05, 0.1) is 5.75 Å². The van der Waals surface area contributed by atoms with Crippen LogP contribution in [-0.4, -0.2) is 23.0 Å². The van der Waals surface area contributed by atoms with E-state index in [0.29, 0.717) is 22.9 Å². The summed E-state index contributed by atoms with van der Waals surface area (Å²) in [4.78, 5) is 13.6. The molecule has 1 amide bonds. The zero-order valence-electron chi connectivity index (χ0n) is 17.1. The first kappa shape index (κ1) is 19.6. The van der Waals surface area contributed by atoms with Crippen LogP contribution in [0.2, 0.25) is 0 Å². The van der Waals surface area contributed by atoms with Crippen LogP contribution in [0, 0.1) is 6.92 Å². The van der Waals surface area contributed by atoms with Crippen molar-refractivity contribution in [2.45, 2.75) is 18.4 Å². The molecular formula is C25H22N2O3S. The highest BCUT2D eigenvalue weighted by molar-refractivity contribution is 8.00. The Balaban J connectivity index is 1.30. The molecule has 0 bridgehead atoms. The van der Waals surface area contributed by atoms with Crippen molar-refractivity contribution in [1.82, 2.24) is 4.57 Å². The minimum atomic E-state index is -0.0563. The van der Waals surface area contributed by atoms with Crippen LogP contribution < -0.4 is 14.8 Å². The number of aromatic nitrogens is 1. The van der Waals surface area contributed by atoms with E-state index in [9.17, 15) is 4.79 Å². The first-order valence-electron chi connectivity index (χ1n) is 10.1. The molecule has 0 aliphatic carbocycles. The third-order valence-corrected chi connectivity index (χ3v) is 6.28. The van der Waals surface area contributed by atoms with Crippen LogP contribution in [0.25, 0.3) is 10.9 Å². The van der Waals surface area contributed by atoms with E-state index < -0.39 is 0 Å². The van der Waals surface area contributed by atoms with Crippen molar-refractivity contribution in [3.63, 3.8) is 0 Å². The number of benzene rings is 3. The molecule has 6 heteroatoms. The van der Waals surface area contributed by atoms with Crippen LogP contribution in [0.4, 0.5) is 5.69 Å². The zero-order chi connectivity index (χ0) is 21.2. The average molecular weight is 431 g/mol. The van der Waals surface area contributed by atoms with Crippen LogP contribution >= 0.6 is 11.8 Å². The standard InChI is InChI=1S/C25H22N2O3S/c1-17-6-8-18(9-7-17)13-27-14-24(20-4-2-3-5-21(20)27)31-15-25(28)26-19-10-11-22-23(12-19)30-16-29-22/h2-12,14H,13,15-16H2,1H3,(H,26,28). The van der Waals surface area contributed by atoms with Crippen LogP contribution in [0.1, 0.15) is 11.1 Å². The molecule has 0 radical (unpaired) electrons. The number of nitrogens with zero attached hydrogens (tertiary/aromatic N) is 1. The quantitative estimate of drug-likeness (QED) is 0.413. The van der Waals surface area contributed by atoms with Crippen molar-refractivity contribution >= 4 is 34.3 Å². The van der Waals surface area contributed by atoms with Crippen molar-refractivity contribution in [2.24, 2.45) is 0 Å². The van der Waals surface area contributed by atoms with Gasteiger partial charge in [-0.25, -0.2) is 0 Å². The Morgan fingerprint density at radius 3 is 2.71 bits per heavy atom. The summed E-state index contributed by atoms with van der Waals surface area (Å²) in [6.45, 7) is 3.11. The molecule has 1 aliphatic heterocycles. The van der Waals surface area contributed by atoms with Crippen LogP contribution in [0.5, 0.6) is 11.5 Å². The number of aryl methyl sites for hydroxylation is 1. The smallest absolute Gasteiger partial charge is 0.234 e. The Morgan fingerprint density at radius 2 is 1.84 bits per heavy atom. The number of rotatable bonds is 6. The van der Waals surface area contributed by atoms with Crippen LogP contribution in [0.15, 0.2) is 77.8 Å². The maximum Gasteiger partial charge on any atom is 0.234 e. The normalized spacial score (nSPS) is 12.3. The average Bonchev–Trinajstić information content (AvgIpc) is 3.38. The highest BCUT2D eigenvalue weighted by atomic mass is 32.2. The lowest BCUT2D eigenvalue weighted by molar-refractivity contribution is -0.113. The number of fused-ring (bicyclic) bond motifs is 2. The highest BCUT2D eigenvalue weighted by Crippen LogP contribution is 2.34. The van der Waals surface area contributed by atoms with Crippen molar-refractivity contribution in [3.8, 4) is 11.5 Å². The van der Waals surface area contributed by atoms with Gasteiger partial charge in [-0.05, 0) is 30.7 Å². The van der Waals surface area contributed by atoms with E-state index in [0.717, 1.165) is 16.8 Å². The van der Waals surface area contributed by atoms with E-state index in [1.807, 2.05) is 18.2 Å². The molecule has 156 valence electrons. The Bertz CT molecular complexity index is 1250. The number of para-hydroxylation sites is 1. The molecule has 0 atom stereocenters. The van der Waals surface area contributed by atoms with Gasteiger partial charge < -0.3 is 19.4 Å². The van der Waals surface area contributed by atoms with Crippen molar-refractivity contribution < 1.29 is 14.3 Å². The molecule has 0 spiro atoms. The lowest BCUT2D eigenvalue weighted by atomic mass is 10.1. The fourth-order valence-corrected chi connectivity index (χ4v) is 4.55. The summed E-state index contributed by atoms with van der Waals surface area (Å²) >= 11 is 1.55. The summed E-state index contributed by atoms with van der Waals surface area (Å²) in [6, 6.07) is 22.3. The molecule has 0 unspecified atom stereocenters. The minimum Gasteiger partial charge on any atom is -0.454 e. The van der Waals surface area contributed by atoms with Gasteiger partial charge in [-0.15, -0.1) is 11.8 Å². The molecule has 1 aliphatic rings. The molecule has 31 heavy (non-hydrogen) atoms. The van der Waals surface area contributed by atoms with E-state index in [1.54, 1.807) is 17.8 Å². The molecule has 5 nitrogen and oxygen atoms in total. The number of hydrogen-bond acceptors (Lipinski definition) is 4. The summed E-state index contributed by atoms with van der Waals surface area (Å²) < 4.78 is 12.9. The molecular weight excluding hydrogens is 408 g/mol. The van der Waals surface area contributed by atoms with Gasteiger partial charge in [-0.3, -0.25) is 4.79 Å². The Morgan fingerprint density at radius 1 is 1.03 bits per heavy atom. The third-order valence-electron chi connectivity index (χ3n) is 5.24. The number of ether oxygens (including phenoxy) is 2. The first-order chi connectivity index (χ1) is 15.2. The van der Waals surface area contributed by atoms with Gasteiger partial charge in [0.25, 0.3) is 0 Å². The van der Waals surface area contributed by atoms with E-state index in [2.05, 4.69) is 65.5 Å². The number of hydrogen-bond donors (Lipinski definition) is 1. The van der Waals surface area contributed by atoms with Crippen LogP contribution in [0.3, 0.4) is 0 Å². The second-order valence-electron chi connectivity index (χ2n) is 7.53. The van der Waals surface area contributed by atoms with E-state index >= 15 is 0 Å². The second kappa shape index (κ2) is 8.40. The molecule has 0 fully saturated rings. The lowest BCUT2D eigenvalue weighted by Gasteiger charge is -2.06. The molecule has 0 saturated heterocycles. The highest BCUT2D eigenvalue weighted by Gasteiger charge is 2.15. The van der Waals surface area contributed by atoms with E-state index in [1.165, 1.54) is 16.6 Å². The SMILES string of the molecule is Cc1ccc(Cn2cc(SCC(=O)Nc3ccc4c(c3)OCO4)c3ccccc32)cc1. The van der Waals surface area contributed by atoms with E-state index in [-0.39, 0.29) is 12.7 Å². The molecule has 1 aromatic heterocycles. The fourth-order valence-electron chi connectivity index (χ4n) is 3.66. The number of anilines is 1. The predicted octanol–water partition coefficient (Wildman–Crippen LogP) is 5.46. The van der Waals surface area contributed by atoms with Gasteiger partial charge >= 0.3 is 0 Å².